The molecule has 6 heteroatoms. The third-order valence-corrected chi connectivity index (χ3v) is 4.83. The molecule has 0 saturated carbocycles. The van der Waals surface area contributed by atoms with E-state index in [9.17, 15) is 4.79 Å². The van der Waals surface area contributed by atoms with Crippen molar-refractivity contribution < 1.29 is 14.3 Å². The van der Waals surface area contributed by atoms with Crippen molar-refractivity contribution in [1.29, 1.82) is 0 Å². The molecule has 0 aliphatic carbocycles. The second-order valence-corrected chi connectivity index (χ2v) is 6.83. The van der Waals surface area contributed by atoms with E-state index in [4.69, 9.17) is 9.47 Å². The van der Waals surface area contributed by atoms with Crippen molar-refractivity contribution in [3.63, 3.8) is 0 Å². The zero-order valence-electron chi connectivity index (χ0n) is 10.9. The van der Waals surface area contributed by atoms with Crippen molar-refractivity contribution in [2.45, 2.75) is 18.6 Å². The molecule has 1 amide bonds. The molecule has 2 aliphatic heterocycles. The number of carbonyl (C=O) groups is 1. The fourth-order valence-corrected chi connectivity index (χ4v) is 3.94. The molecule has 0 radical (unpaired) electrons. The molecule has 0 aromatic heterocycles. The molecule has 0 bridgehead atoms. The van der Waals surface area contributed by atoms with Crippen LogP contribution in [0.25, 0.3) is 0 Å². The van der Waals surface area contributed by atoms with Crippen molar-refractivity contribution in [1.82, 2.24) is 4.90 Å². The highest BCUT2D eigenvalue weighted by Crippen LogP contribution is 2.32. The number of benzene rings is 1. The van der Waals surface area contributed by atoms with Gasteiger partial charge in [0, 0.05) is 21.9 Å². The predicted octanol–water partition coefficient (Wildman–Crippen LogP) is 3.19. The number of ether oxygens (including phenoxy) is 2. The molecule has 2 aliphatic rings. The Labute approximate surface area is 134 Å². The largest absolute Gasteiger partial charge is 0.346 e. The minimum atomic E-state index is -0.574. The van der Waals surface area contributed by atoms with Crippen LogP contribution >= 0.6 is 31.9 Å². The predicted molar refractivity (Wildman–Crippen MR) is 81.6 cm³/mol. The minimum Gasteiger partial charge on any atom is -0.346 e. The van der Waals surface area contributed by atoms with Crippen molar-refractivity contribution in [2.24, 2.45) is 0 Å². The van der Waals surface area contributed by atoms with Crippen LogP contribution in [0.4, 0.5) is 0 Å². The van der Waals surface area contributed by atoms with E-state index in [2.05, 4.69) is 31.9 Å². The first-order valence-electron chi connectivity index (χ1n) is 6.62. The number of likely N-dealkylation sites (tertiary alicyclic amines) is 1. The van der Waals surface area contributed by atoms with Crippen LogP contribution in [-0.2, 0) is 9.47 Å². The molecular formula is C14H15Br2NO3. The Kier molecular flexibility index (Phi) is 4.17. The zero-order chi connectivity index (χ0) is 14.2. The highest BCUT2D eigenvalue weighted by molar-refractivity contribution is 9.11. The van der Waals surface area contributed by atoms with Gasteiger partial charge >= 0.3 is 0 Å². The zero-order valence-corrected chi connectivity index (χ0v) is 14.1. The number of amides is 1. The molecule has 2 fully saturated rings. The van der Waals surface area contributed by atoms with Gasteiger partial charge in [0.25, 0.3) is 5.91 Å². The quantitative estimate of drug-likeness (QED) is 0.721. The Morgan fingerprint density at radius 1 is 1.25 bits per heavy atom. The Morgan fingerprint density at radius 3 is 2.70 bits per heavy atom. The van der Waals surface area contributed by atoms with Crippen molar-refractivity contribution in [3.8, 4) is 0 Å². The van der Waals surface area contributed by atoms with Gasteiger partial charge in [0.05, 0.1) is 25.3 Å². The maximum absolute atomic E-state index is 12.6. The normalized spacial score (nSPS) is 21.4. The SMILES string of the molecule is O=C(c1ccc(Br)cc1Br)N1CCCC2(C1)OCCO2. The standard InChI is InChI=1S/C14H15Br2NO3/c15-10-2-3-11(12(16)8-10)13(18)17-5-1-4-14(9-17)19-6-7-20-14/h2-3,8H,1,4-7,9H2. The molecule has 1 aromatic carbocycles. The second-order valence-electron chi connectivity index (χ2n) is 5.06. The fourth-order valence-electron chi connectivity index (χ4n) is 2.73. The van der Waals surface area contributed by atoms with Crippen LogP contribution in [-0.4, -0.2) is 42.9 Å². The van der Waals surface area contributed by atoms with E-state index in [1.165, 1.54) is 0 Å². The fraction of sp³-hybridized carbons (Fsp3) is 0.500. The van der Waals surface area contributed by atoms with Crippen molar-refractivity contribution >= 4 is 37.8 Å². The highest BCUT2D eigenvalue weighted by Gasteiger charge is 2.42. The van der Waals surface area contributed by atoms with Gasteiger partial charge in [-0.3, -0.25) is 4.79 Å². The summed E-state index contributed by atoms with van der Waals surface area (Å²) in [4.78, 5) is 14.5. The lowest BCUT2D eigenvalue weighted by molar-refractivity contribution is -0.183. The van der Waals surface area contributed by atoms with Gasteiger partial charge in [0.15, 0.2) is 5.79 Å². The lowest BCUT2D eigenvalue weighted by atomic mass is 10.0. The molecule has 2 saturated heterocycles. The summed E-state index contributed by atoms with van der Waals surface area (Å²) < 4.78 is 13.2. The van der Waals surface area contributed by atoms with Crippen LogP contribution in [0.3, 0.4) is 0 Å². The third kappa shape index (κ3) is 2.79. The summed E-state index contributed by atoms with van der Waals surface area (Å²) in [5, 5.41) is 0. The first kappa shape index (κ1) is 14.5. The van der Waals surface area contributed by atoms with Gasteiger partial charge in [-0.2, -0.15) is 0 Å². The number of carbonyl (C=O) groups excluding carboxylic acids is 1. The molecule has 0 atom stereocenters. The summed E-state index contributed by atoms with van der Waals surface area (Å²) in [5.74, 6) is -0.557. The minimum absolute atomic E-state index is 0.0163. The van der Waals surface area contributed by atoms with Gasteiger partial charge in [-0.1, -0.05) is 15.9 Å². The lowest BCUT2D eigenvalue weighted by Crippen LogP contribution is -2.51. The van der Waals surface area contributed by atoms with Crippen LogP contribution in [0.15, 0.2) is 27.1 Å². The molecule has 2 heterocycles. The van der Waals surface area contributed by atoms with Crippen LogP contribution in [0.1, 0.15) is 23.2 Å². The first-order chi connectivity index (χ1) is 9.60. The third-order valence-electron chi connectivity index (χ3n) is 3.68. The molecule has 4 nitrogen and oxygen atoms in total. The van der Waals surface area contributed by atoms with Crippen LogP contribution in [0.5, 0.6) is 0 Å². The van der Waals surface area contributed by atoms with E-state index < -0.39 is 5.79 Å². The number of hydrogen-bond acceptors (Lipinski definition) is 3. The van der Waals surface area contributed by atoms with Crippen molar-refractivity contribution in [3.05, 3.63) is 32.7 Å². The van der Waals surface area contributed by atoms with Crippen molar-refractivity contribution in [2.75, 3.05) is 26.3 Å². The maximum atomic E-state index is 12.6. The summed E-state index contributed by atoms with van der Waals surface area (Å²) in [6, 6.07) is 5.59. The molecule has 1 aromatic rings. The molecule has 0 N–H and O–H groups in total. The Hall–Kier alpha value is -0.430. The summed E-state index contributed by atoms with van der Waals surface area (Å²) in [6.45, 7) is 2.48. The molecule has 20 heavy (non-hydrogen) atoms. The van der Waals surface area contributed by atoms with Crippen LogP contribution < -0.4 is 0 Å². The van der Waals surface area contributed by atoms with Gasteiger partial charge in [-0.15, -0.1) is 0 Å². The summed E-state index contributed by atoms with van der Waals surface area (Å²) >= 11 is 6.84. The van der Waals surface area contributed by atoms with E-state index in [-0.39, 0.29) is 5.91 Å². The number of halogens is 2. The molecule has 3 rings (SSSR count). The average molecular weight is 405 g/mol. The number of nitrogens with zero attached hydrogens (tertiary/aromatic N) is 1. The van der Waals surface area contributed by atoms with Gasteiger partial charge < -0.3 is 14.4 Å². The highest BCUT2D eigenvalue weighted by atomic mass is 79.9. The topological polar surface area (TPSA) is 38.8 Å². The number of rotatable bonds is 1. The molecule has 108 valence electrons. The average Bonchev–Trinajstić information content (AvgIpc) is 2.86. The number of hydrogen-bond donors (Lipinski definition) is 0. The van der Waals surface area contributed by atoms with Gasteiger partial charge in [0.1, 0.15) is 0 Å². The lowest BCUT2D eigenvalue weighted by Gasteiger charge is -2.38. The second kappa shape index (κ2) is 5.75. The first-order valence-corrected chi connectivity index (χ1v) is 8.20. The van der Waals surface area contributed by atoms with Crippen LogP contribution in [0.2, 0.25) is 0 Å². The van der Waals surface area contributed by atoms with E-state index in [0.717, 1.165) is 28.3 Å². The van der Waals surface area contributed by atoms with Crippen LogP contribution in [0, 0.1) is 0 Å². The van der Waals surface area contributed by atoms with E-state index in [1.54, 1.807) is 0 Å². The monoisotopic (exact) mass is 403 g/mol. The van der Waals surface area contributed by atoms with Gasteiger partial charge in [0.2, 0.25) is 0 Å². The molecule has 0 unspecified atom stereocenters. The van der Waals surface area contributed by atoms with Gasteiger partial charge in [-0.05, 0) is 40.5 Å². The Balaban J connectivity index is 1.79. The van der Waals surface area contributed by atoms with E-state index in [1.807, 2.05) is 23.1 Å². The Bertz CT molecular complexity index is 529. The smallest absolute Gasteiger partial charge is 0.255 e. The summed E-state index contributed by atoms with van der Waals surface area (Å²) in [5.41, 5.74) is 0.670. The number of piperidine rings is 1. The summed E-state index contributed by atoms with van der Waals surface area (Å²) in [6.07, 6.45) is 1.76. The maximum Gasteiger partial charge on any atom is 0.255 e. The van der Waals surface area contributed by atoms with E-state index >= 15 is 0 Å². The van der Waals surface area contributed by atoms with Gasteiger partial charge in [-0.25, -0.2) is 0 Å². The molecular weight excluding hydrogens is 390 g/mol. The summed E-state index contributed by atoms with van der Waals surface area (Å²) in [7, 11) is 0. The van der Waals surface area contributed by atoms with E-state index in [0.29, 0.717) is 25.3 Å². The molecule has 1 spiro atoms. The Morgan fingerprint density at radius 2 is 2.00 bits per heavy atom.